The fraction of sp³-hybridized carbons (Fsp3) is 0.560. The zero-order valence-electron chi connectivity index (χ0n) is 18.4. The van der Waals surface area contributed by atoms with Gasteiger partial charge in [-0.1, -0.05) is 30.3 Å². The summed E-state index contributed by atoms with van der Waals surface area (Å²) in [7, 11) is 0. The van der Waals surface area contributed by atoms with Crippen molar-refractivity contribution in [3.8, 4) is 0 Å². The molecule has 0 bridgehead atoms. The van der Waals surface area contributed by atoms with Crippen molar-refractivity contribution in [2.75, 3.05) is 6.61 Å². The molecule has 33 heavy (non-hydrogen) atoms. The number of fused-ring (bicyclic) bond motifs is 2. The maximum atomic E-state index is 15.0. The Balaban J connectivity index is 1.46. The number of esters is 1. The molecule has 2 aliphatic heterocycles. The molecule has 3 fully saturated rings. The zero-order valence-corrected chi connectivity index (χ0v) is 18.4. The second-order valence-corrected chi connectivity index (χ2v) is 9.31. The Bertz CT molecular complexity index is 982. The fourth-order valence-electron chi connectivity index (χ4n) is 5.99. The number of carbonyl (C=O) groups excluding carboxylic acids is 3. The van der Waals surface area contributed by atoms with E-state index in [1.165, 1.54) is 6.20 Å². The first-order valence-electron chi connectivity index (χ1n) is 11.6. The van der Waals surface area contributed by atoms with Crippen LogP contribution in [0.5, 0.6) is 0 Å². The van der Waals surface area contributed by atoms with Crippen LogP contribution in [-0.4, -0.2) is 65.7 Å². The van der Waals surface area contributed by atoms with Crippen molar-refractivity contribution >= 4 is 17.5 Å². The Morgan fingerprint density at radius 3 is 2.64 bits per heavy atom. The number of alkyl halides is 2. The molecule has 0 N–H and O–H groups in total. The van der Waals surface area contributed by atoms with Gasteiger partial charge in [-0.25, -0.2) is 13.6 Å². The molecule has 1 aromatic carbocycles. The summed E-state index contributed by atoms with van der Waals surface area (Å²) in [6.45, 7) is 1.75. The normalized spacial score (nSPS) is 37.5. The molecule has 5 rings (SSSR count). The van der Waals surface area contributed by atoms with Gasteiger partial charge in [-0.15, -0.1) is 0 Å². The first-order valence-corrected chi connectivity index (χ1v) is 11.6. The van der Waals surface area contributed by atoms with E-state index in [0.717, 1.165) is 0 Å². The van der Waals surface area contributed by atoms with Gasteiger partial charge in [0.2, 0.25) is 0 Å². The van der Waals surface area contributed by atoms with E-state index in [1.807, 2.05) is 23.1 Å². The van der Waals surface area contributed by atoms with Crippen molar-refractivity contribution in [1.29, 1.82) is 0 Å². The number of benzene rings is 1. The lowest BCUT2D eigenvalue weighted by molar-refractivity contribution is -0.212. The summed E-state index contributed by atoms with van der Waals surface area (Å²) in [6.07, 6.45) is -2.61. The molecule has 2 aliphatic carbocycles. The van der Waals surface area contributed by atoms with Crippen LogP contribution in [0.15, 0.2) is 42.1 Å². The van der Waals surface area contributed by atoms with Gasteiger partial charge in [0.25, 0.3) is 0 Å². The Kier molecular flexibility index (Phi) is 5.80. The van der Waals surface area contributed by atoms with Gasteiger partial charge in [0.05, 0.1) is 24.8 Å². The molecule has 2 saturated carbocycles. The van der Waals surface area contributed by atoms with Crippen LogP contribution in [0.1, 0.15) is 43.0 Å². The number of nitrogens with zero attached hydrogens (tertiary/aromatic N) is 1. The summed E-state index contributed by atoms with van der Waals surface area (Å²) >= 11 is 0. The molecule has 8 unspecified atom stereocenters. The molecule has 0 spiro atoms. The van der Waals surface area contributed by atoms with Crippen molar-refractivity contribution in [2.24, 2.45) is 11.8 Å². The summed E-state index contributed by atoms with van der Waals surface area (Å²) in [5, 5.41) is 0. The Morgan fingerprint density at radius 1 is 1.15 bits per heavy atom. The largest absolute Gasteiger partial charge is 0.462 e. The van der Waals surface area contributed by atoms with E-state index in [4.69, 9.17) is 9.47 Å². The molecule has 8 heteroatoms. The Labute approximate surface area is 190 Å². The third kappa shape index (κ3) is 3.68. The van der Waals surface area contributed by atoms with Crippen molar-refractivity contribution in [1.82, 2.24) is 4.90 Å². The zero-order chi connectivity index (χ0) is 23.3. The van der Waals surface area contributed by atoms with Crippen molar-refractivity contribution in [3.63, 3.8) is 0 Å². The van der Waals surface area contributed by atoms with Gasteiger partial charge in [-0.05, 0) is 32.6 Å². The maximum Gasteiger partial charge on any atom is 0.343 e. The quantitative estimate of drug-likeness (QED) is 0.391. The lowest BCUT2D eigenvalue weighted by Crippen LogP contribution is -2.70. The van der Waals surface area contributed by atoms with E-state index >= 15 is 0 Å². The van der Waals surface area contributed by atoms with E-state index in [-0.39, 0.29) is 36.3 Å². The van der Waals surface area contributed by atoms with Crippen molar-refractivity contribution in [2.45, 2.75) is 69.2 Å². The average molecular weight is 459 g/mol. The number of rotatable bonds is 4. The van der Waals surface area contributed by atoms with Crippen LogP contribution < -0.4 is 0 Å². The first-order chi connectivity index (χ1) is 15.9. The number of halogens is 2. The van der Waals surface area contributed by atoms with Gasteiger partial charge < -0.3 is 14.4 Å². The molecule has 6 nitrogen and oxygen atoms in total. The van der Waals surface area contributed by atoms with Gasteiger partial charge in [0, 0.05) is 23.6 Å². The molecule has 2 heterocycles. The second-order valence-electron chi connectivity index (χ2n) is 9.31. The second kappa shape index (κ2) is 8.63. The number of morpholine rings is 1. The van der Waals surface area contributed by atoms with E-state index in [1.54, 1.807) is 19.1 Å². The molecule has 1 saturated heterocycles. The monoisotopic (exact) mass is 459 g/mol. The van der Waals surface area contributed by atoms with E-state index in [0.29, 0.717) is 24.8 Å². The van der Waals surface area contributed by atoms with Crippen LogP contribution in [0.25, 0.3) is 0 Å². The minimum atomic E-state index is -1.87. The van der Waals surface area contributed by atoms with Crippen LogP contribution >= 0.6 is 0 Å². The lowest BCUT2D eigenvalue weighted by atomic mass is 9.70. The Hall–Kier alpha value is -2.61. The van der Waals surface area contributed by atoms with E-state index in [9.17, 15) is 23.2 Å². The third-order valence-electron chi connectivity index (χ3n) is 7.51. The van der Waals surface area contributed by atoms with Crippen LogP contribution in [0.4, 0.5) is 8.78 Å². The highest BCUT2D eigenvalue weighted by atomic mass is 19.2. The number of hydrogen-bond donors (Lipinski definition) is 0. The molecule has 1 aromatic rings. The minimum absolute atomic E-state index is 0.0121. The van der Waals surface area contributed by atoms with Gasteiger partial charge in [0.15, 0.2) is 17.7 Å². The summed E-state index contributed by atoms with van der Waals surface area (Å²) in [5.41, 5.74) is 0.497. The van der Waals surface area contributed by atoms with Gasteiger partial charge in [-0.2, -0.15) is 0 Å². The third-order valence-corrected chi connectivity index (χ3v) is 7.51. The standard InChI is InChI=1S/C25H27F2NO5/c1-2-32-25(31)16-12-28-18-9-8-14(22(29)13-6-4-3-5-7-13)10-19(18)33-24-20(27)17(26)11-15(21(24)28)23(16)30/h3-7,12,14-15,17-21,24H,2,8-11H2,1H3. The SMILES string of the molecule is CCOC(=O)C1=CN2C3CCC(C(=O)c4ccccc4)CC3OC3C(F)C(F)CC(C1=O)C32. The molecular weight excluding hydrogens is 432 g/mol. The van der Waals surface area contributed by atoms with Gasteiger partial charge >= 0.3 is 5.97 Å². The highest BCUT2D eigenvalue weighted by Gasteiger charge is 2.59. The fourth-order valence-corrected chi connectivity index (χ4v) is 5.99. The molecule has 0 radical (unpaired) electrons. The number of carbonyl (C=O) groups is 3. The van der Waals surface area contributed by atoms with Crippen LogP contribution in [0.2, 0.25) is 0 Å². The van der Waals surface area contributed by atoms with Crippen LogP contribution in [0.3, 0.4) is 0 Å². The smallest absolute Gasteiger partial charge is 0.343 e. The summed E-state index contributed by atoms with van der Waals surface area (Å²) in [5.74, 6) is -2.40. The predicted molar refractivity (Wildman–Crippen MR) is 114 cm³/mol. The maximum absolute atomic E-state index is 15.0. The van der Waals surface area contributed by atoms with E-state index in [2.05, 4.69) is 0 Å². The molecule has 176 valence electrons. The summed E-state index contributed by atoms with van der Waals surface area (Å²) in [6, 6.07) is 8.11. The molecule has 4 aliphatic rings. The summed E-state index contributed by atoms with van der Waals surface area (Å²) in [4.78, 5) is 40.4. The topological polar surface area (TPSA) is 72.9 Å². The van der Waals surface area contributed by atoms with Crippen molar-refractivity contribution in [3.05, 3.63) is 47.7 Å². The highest BCUT2D eigenvalue weighted by Crippen LogP contribution is 2.47. The number of ketones is 2. The van der Waals surface area contributed by atoms with Crippen molar-refractivity contribution < 1.29 is 32.6 Å². The average Bonchev–Trinajstić information content (AvgIpc) is 2.83. The minimum Gasteiger partial charge on any atom is -0.462 e. The molecular formula is C25H27F2NO5. The lowest BCUT2D eigenvalue weighted by Gasteiger charge is -2.58. The number of Topliss-reactive ketones (excluding diaryl/α,β-unsaturated/α-hetero) is 2. The molecule has 8 atom stereocenters. The highest BCUT2D eigenvalue weighted by molar-refractivity contribution is 6.18. The summed E-state index contributed by atoms with van der Waals surface area (Å²) < 4.78 is 40.8. The van der Waals surface area contributed by atoms with E-state index < -0.39 is 48.3 Å². The predicted octanol–water partition coefficient (Wildman–Crippen LogP) is 3.20. The van der Waals surface area contributed by atoms with Crippen LogP contribution in [0, 0.1) is 11.8 Å². The number of ether oxygens (including phenoxy) is 2. The Morgan fingerprint density at radius 2 is 1.91 bits per heavy atom. The van der Waals surface area contributed by atoms with Crippen LogP contribution in [-0.2, 0) is 19.1 Å². The van der Waals surface area contributed by atoms with Gasteiger partial charge in [0.1, 0.15) is 17.8 Å². The molecule has 0 aromatic heterocycles. The number of hydrogen-bond acceptors (Lipinski definition) is 6. The van der Waals surface area contributed by atoms with Gasteiger partial charge in [-0.3, -0.25) is 9.59 Å². The first kappa shape index (κ1) is 22.2. The molecule has 0 amide bonds.